The van der Waals surface area contributed by atoms with Crippen LogP contribution in [0.15, 0.2) is 0 Å². The molecule has 2 heteroatoms. The van der Waals surface area contributed by atoms with Crippen LogP contribution in [0.5, 0.6) is 0 Å². The van der Waals surface area contributed by atoms with Crippen molar-refractivity contribution in [3.63, 3.8) is 0 Å². The monoisotopic (exact) mass is 126 g/mol. The molecule has 1 aliphatic carbocycles. The fourth-order valence-electron chi connectivity index (χ4n) is 1.36. The molecule has 0 heterocycles. The fraction of sp³-hybridized carbons (Fsp3) is 0.714. The lowest BCUT2D eigenvalue weighted by molar-refractivity contribution is -0.118. The Morgan fingerprint density at radius 3 is 1.78 bits per heavy atom. The first-order chi connectivity index (χ1) is 4.38. The van der Waals surface area contributed by atoms with Gasteiger partial charge in [-0.2, -0.15) is 0 Å². The van der Waals surface area contributed by atoms with Gasteiger partial charge in [0.15, 0.2) is 0 Å². The zero-order valence-corrected chi connectivity index (χ0v) is 5.25. The van der Waals surface area contributed by atoms with Crippen LogP contribution >= 0.6 is 0 Å². The van der Waals surface area contributed by atoms with Crippen molar-refractivity contribution in [2.45, 2.75) is 19.3 Å². The third-order valence-corrected chi connectivity index (χ3v) is 1.97. The summed E-state index contributed by atoms with van der Waals surface area (Å²) in [7, 11) is 0. The van der Waals surface area contributed by atoms with E-state index >= 15 is 0 Å². The molecule has 1 aliphatic rings. The van der Waals surface area contributed by atoms with Gasteiger partial charge in [0.25, 0.3) is 0 Å². The van der Waals surface area contributed by atoms with Gasteiger partial charge in [0.2, 0.25) is 0 Å². The van der Waals surface area contributed by atoms with Crippen LogP contribution in [0.4, 0.5) is 0 Å². The number of hydrogen-bond acceptors (Lipinski definition) is 2. The number of carbonyl (C=O) groups excluding carboxylic acids is 2. The topological polar surface area (TPSA) is 34.1 Å². The van der Waals surface area contributed by atoms with Crippen LogP contribution in [0.2, 0.25) is 0 Å². The molecule has 2 unspecified atom stereocenters. The van der Waals surface area contributed by atoms with Crippen molar-refractivity contribution in [1.29, 1.82) is 0 Å². The molecule has 0 spiro atoms. The minimum atomic E-state index is 0.0301. The molecule has 0 saturated heterocycles. The minimum Gasteiger partial charge on any atom is -0.303 e. The lowest BCUT2D eigenvalue weighted by Crippen LogP contribution is -2.09. The van der Waals surface area contributed by atoms with Crippen LogP contribution in [0.25, 0.3) is 0 Å². The molecular formula is C7H10O2. The zero-order chi connectivity index (χ0) is 6.69. The molecule has 0 aliphatic heterocycles. The van der Waals surface area contributed by atoms with Gasteiger partial charge in [-0.3, -0.25) is 0 Å². The second-order valence-corrected chi connectivity index (χ2v) is 2.53. The maximum absolute atomic E-state index is 10.2. The Morgan fingerprint density at radius 1 is 1.00 bits per heavy atom. The lowest BCUT2D eigenvalue weighted by Gasteiger charge is -2.02. The Hall–Kier alpha value is -0.660. The Morgan fingerprint density at radius 2 is 1.44 bits per heavy atom. The number of rotatable bonds is 2. The van der Waals surface area contributed by atoms with Gasteiger partial charge in [-0.25, -0.2) is 0 Å². The van der Waals surface area contributed by atoms with E-state index in [1.54, 1.807) is 0 Å². The van der Waals surface area contributed by atoms with E-state index in [0.717, 1.165) is 31.8 Å². The molecule has 1 saturated carbocycles. The molecule has 0 bridgehead atoms. The molecule has 9 heavy (non-hydrogen) atoms. The van der Waals surface area contributed by atoms with Gasteiger partial charge < -0.3 is 9.59 Å². The van der Waals surface area contributed by atoms with Crippen LogP contribution < -0.4 is 0 Å². The highest BCUT2D eigenvalue weighted by Gasteiger charge is 2.25. The number of hydrogen-bond donors (Lipinski definition) is 0. The molecule has 0 aromatic heterocycles. The normalized spacial score (nSPS) is 34.2. The molecule has 0 N–H and O–H groups in total. The van der Waals surface area contributed by atoms with Gasteiger partial charge in [-0.05, 0) is 12.8 Å². The Labute approximate surface area is 54.2 Å². The first kappa shape index (κ1) is 6.46. The lowest BCUT2D eigenvalue weighted by atomic mass is 10.00. The van der Waals surface area contributed by atoms with Crippen LogP contribution in [0.3, 0.4) is 0 Å². The number of aldehydes is 2. The second kappa shape index (κ2) is 2.76. The van der Waals surface area contributed by atoms with Crippen molar-refractivity contribution in [2.75, 3.05) is 0 Å². The molecule has 1 rings (SSSR count). The summed E-state index contributed by atoms with van der Waals surface area (Å²) in [4.78, 5) is 20.4. The van der Waals surface area contributed by atoms with Crippen LogP contribution in [0.1, 0.15) is 19.3 Å². The van der Waals surface area contributed by atoms with Gasteiger partial charge in [0, 0.05) is 11.8 Å². The van der Waals surface area contributed by atoms with Gasteiger partial charge in [0.1, 0.15) is 12.6 Å². The fourth-order valence-corrected chi connectivity index (χ4v) is 1.36. The smallest absolute Gasteiger partial charge is 0.123 e. The maximum atomic E-state index is 10.2. The highest BCUT2D eigenvalue weighted by Crippen LogP contribution is 2.27. The van der Waals surface area contributed by atoms with E-state index in [1.807, 2.05) is 0 Å². The molecule has 2 nitrogen and oxygen atoms in total. The zero-order valence-electron chi connectivity index (χ0n) is 5.25. The van der Waals surface area contributed by atoms with Crippen LogP contribution in [-0.2, 0) is 9.59 Å². The average molecular weight is 126 g/mol. The Balaban J connectivity index is 2.50. The summed E-state index contributed by atoms with van der Waals surface area (Å²) < 4.78 is 0. The quantitative estimate of drug-likeness (QED) is 0.513. The van der Waals surface area contributed by atoms with Crippen molar-refractivity contribution < 1.29 is 9.59 Å². The average Bonchev–Trinajstić information content (AvgIpc) is 2.33. The third-order valence-electron chi connectivity index (χ3n) is 1.97. The van der Waals surface area contributed by atoms with E-state index < -0.39 is 0 Å². The Bertz CT molecular complexity index is 106. The molecule has 2 atom stereocenters. The van der Waals surface area contributed by atoms with Gasteiger partial charge in [-0.1, -0.05) is 6.42 Å². The number of carbonyl (C=O) groups is 2. The van der Waals surface area contributed by atoms with E-state index in [-0.39, 0.29) is 11.8 Å². The van der Waals surface area contributed by atoms with Gasteiger partial charge in [-0.15, -0.1) is 0 Å². The van der Waals surface area contributed by atoms with Gasteiger partial charge >= 0.3 is 0 Å². The summed E-state index contributed by atoms with van der Waals surface area (Å²) >= 11 is 0. The summed E-state index contributed by atoms with van der Waals surface area (Å²) in [6, 6.07) is 0. The summed E-state index contributed by atoms with van der Waals surface area (Å²) in [6.45, 7) is 0. The molecule has 50 valence electrons. The third kappa shape index (κ3) is 1.18. The van der Waals surface area contributed by atoms with Crippen molar-refractivity contribution in [2.24, 2.45) is 11.8 Å². The van der Waals surface area contributed by atoms with E-state index in [1.165, 1.54) is 0 Å². The summed E-state index contributed by atoms with van der Waals surface area (Å²) in [6.07, 6.45) is 4.67. The van der Waals surface area contributed by atoms with E-state index in [2.05, 4.69) is 0 Å². The summed E-state index contributed by atoms with van der Waals surface area (Å²) in [5, 5.41) is 0. The largest absolute Gasteiger partial charge is 0.303 e. The standard InChI is InChI=1S/C7H10O2/c8-4-6-2-1-3-7(6)5-9/h4-7H,1-3H2. The van der Waals surface area contributed by atoms with Crippen molar-refractivity contribution in [3.05, 3.63) is 0 Å². The molecule has 0 radical (unpaired) electrons. The summed E-state index contributed by atoms with van der Waals surface area (Å²) in [5.74, 6) is 0.0602. The van der Waals surface area contributed by atoms with Crippen molar-refractivity contribution in [3.8, 4) is 0 Å². The molecular weight excluding hydrogens is 116 g/mol. The predicted molar refractivity (Wildman–Crippen MR) is 33.0 cm³/mol. The molecule has 0 amide bonds. The first-order valence-electron chi connectivity index (χ1n) is 3.29. The van der Waals surface area contributed by atoms with E-state index in [0.29, 0.717) is 0 Å². The summed E-state index contributed by atoms with van der Waals surface area (Å²) in [5.41, 5.74) is 0. The highest BCUT2D eigenvalue weighted by molar-refractivity contribution is 5.65. The van der Waals surface area contributed by atoms with Crippen LogP contribution in [0, 0.1) is 11.8 Å². The molecule has 0 aromatic carbocycles. The SMILES string of the molecule is O=CC1CCCC1C=O. The second-order valence-electron chi connectivity index (χ2n) is 2.53. The minimum absolute atomic E-state index is 0.0301. The van der Waals surface area contributed by atoms with Crippen molar-refractivity contribution in [1.82, 2.24) is 0 Å². The maximum Gasteiger partial charge on any atom is 0.123 e. The van der Waals surface area contributed by atoms with E-state index in [4.69, 9.17) is 0 Å². The Kier molecular flexibility index (Phi) is 1.98. The molecule has 1 fully saturated rings. The first-order valence-corrected chi connectivity index (χ1v) is 3.29. The van der Waals surface area contributed by atoms with E-state index in [9.17, 15) is 9.59 Å². The van der Waals surface area contributed by atoms with Crippen molar-refractivity contribution >= 4 is 12.6 Å². The van der Waals surface area contributed by atoms with Gasteiger partial charge in [0.05, 0.1) is 0 Å². The highest BCUT2D eigenvalue weighted by atomic mass is 16.1. The molecule has 0 aromatic rings. The van der Waals surface area contributed by atoms with Crippen LogP contribution in [-0.4, -0.2) is 12.6 Å². The predicted octanol–water partition coefficient (Wildman–Crippen LogP) is 0.800.